The van der Waals surface area contributed by atoms with Gasteiger partial charge in [0.05, 0.1) is 11.5 Å². The van der Waals surface area contributed by atoms with E-state index in [0.29, 0.717) is 17.7 Å². The zero-order valence-electron chi connectivity index (χ0n) is 17.2. The number of benzene rings is 2. The van der Waals surface area contributed by atoms with Crippen molar-refractivity contribution in [1.29, 1.82) is 5.26 Å². The number of nitrogens with two attached hydrogens (primary N) is 1. The van der Waals surface area contributed by atoms with Crippen molar-refractivity contribution in [3.8, 4) is 23.3 Å². The Labute approximate surface area is 183 Å². The van der Waals surface area contributed by atoms with Crippen molar-refractivity contribution in [3.63, 3.8) is 0 Å². The van der Waals surface area contributed by atoms with Crippen LogP contribution < -0.4 is 16.0 Å². The van der Waals surface area contributed by atoms with E-state index in [1.165, 1.54) is 34.9 Å². The first kappa shape index (κ1) is 21.0. The van der Waals surface area contributed by atoms with Gasteiger partial charge >= 0.3 is 0 Å². The van der Waals surface area contributed by atoms with E-state index in [9.17, 15) is 24.7 Å². The molecule has 0 radical (unpaired) electrons. The number of fused-ring (bicyclic) bond motifs is 1. The average molecular weight is 433 g/mol. The molecule has 1 unspecified atom stereocenters. The van der Waals surface area contributed by atoms with Crippen molar-refractivity contribution in [3.05, 3.63) is 98.5 Å². The third kappa shape index (κ3) is 3.54. The molecule has 0 saturated carbocycles. The lowest BCUT2D eigenvalue weighted by atomic mass is 9.83. The first-order valence-electron chi connectivity index (χ1n) is 9.89. The molecule has 4 N–H and O–H groups in total. The molecule has 4 rings (SSSR count). The molecule has 162 valence electrons. The molecule has 1 aromatic heterocycles. The summed E-state index contributed by atoms with van der Waals surface area (Å²) in [5.74, 6) is -2.00. The molecule has 0 spiro atoms. The number of hydrogen-bond acceptors (Lipinski definition) is 6. The monoisotopic (exact) mass is 433 g/mol. The molecule has 1 aliphatic heterocycles. The number of hydrogen-bond donors (Lipinski definition) is 3. The second-order valence-electron chi connectivity index (χ2n) is 7.54. The number of halogens is 1. The maximum absolute atomic E-state index is 14.7. The van der Waals surface area contributed by atoms with E-state index in [1.54, 1.807) is 25.1 Å². The molecule has 0 fully saturated rings. The summed E-state index contributed by atoms with van der Waals surface area (Å²) in [7, 11) is 0. The molecule has 0 bridgehead atoms. The number of ether oxygens (including phenoxy) is 1. The number of aryl methyl sites for hydroxylation is 2. The number of rotatable bonds is 4. The molecule has 2 heterocycles. The number of aromatic hydroxyl groups is 2. The molecular weight excluding hydrogens is 413 g/mol. The molecule has 2 aromatic carbocycles. The lowest BCUT2D eigenvalue weighted by Crippen LogP contribution is -2.33. The lowest BCUT2D eigenvalue weighted by Gasteiger charge is -2.27. The Morgan fingerprint density at radius 3 is 2.62 bits per heavy atom. The summed E-state index contributed by atoms with van der Waals surface area (Å²) >= 11 is 0. The molecule has 0 aliphatic carbocycles. The first-order chi connectivity index (χ1) is 15.3. The fraction of sp³-hybridized carbons (Fsp3) is 0.167. The van der Waals surface area contributed by atoms with Crippen LogP contribution in [-0.4, -0.2) is 14.8 Å². The summed E-state index contributed by atoms with van der Waals surface area (Å²) in [4.78, 5) is 13.5. The Balaban J connectivity index is 1.82. The summed E-state index contributed by atoms with van der Waals surface area (Å²) in [5.41, 5.74) is 7.10. The van der Waals surface area contributed by atoms with Crippen molar-refractivity contribution in [2.75, 3.05) is 0 Å². The van der Waals surface area contributed by atoms with Crippen LogP contribution in [-0.2, 0) is 13.0 Å². The van der Waals surface area contributed by atoms with Crippen LogP contribution in [0.4, 0.5) is 4.39 Å². The smallest absolute Gasteiger partial charge is 0.258 e. The van der Waals surface area contributed by atoms with Gasteiger partial charge in [-0.05, 0) is 37.1 Å². The number of phenols is 2. The van der Waals surface area contributed by atoms with Crippen molar-refractivity contribution in [1.82, 2.24) is 4.57 Å². The highest BCUT2D eigenvalue weighted by Gasteiger charge is 2.35. The van der Waals surface area contributed by atoms with E-state index in [-0.39, 0.29) is 46.4 Å². The Hall–Kier alpha value is -4.25. The summed E-state index contributed by atoms with van der Waals surface area (Å²) < 4.78 is 21.8. The van der Waals surface area contributed by atoms with Gasteiger partial charge in [-0.3, -0.25) is 4.79 Å². The van der Waals surface area contributed by atoms with E-state index in [2.05, 4.69) is 0 Å². The molecule has 0 amide bonds. The van der Waals surface area contributed by atoms with Gasteiger partial charge in [-0.2, -0.15) is 5.26 Å². The number of phenolic OH excluding ortho intramolecular Hbond substituents is 2. The third-order valence-corrected chi connectivity index (χ3v) is 5.57. The SMILES string of the molecule is Cc1cc2c(c(=O)n1CCc1ccc(O)c(O)c1)C(c1ccccc1F)C(C#N)=C(N)O2. The number of pyridine rings is 1. The van der Waals surface area contributed by atoms with Crippen LogP contribution in [0.3, 0.4) is 0 Å². The molecule has 8 heteroatoms. The van der Waals surface area contributed by atoms with Gasteiger partial charge in [0.1, 0.15) is 23.2 Å². The minimum atomic E-state index is -0.998. The van der Waals surface area contributed by atoms with Gasteiger partial charge < -0.3 is 25.3 Å². The Morgan fingerprint density at radius 2 is 1.94 bits per heavy atom. The molecule has 32 heavy (non-hydrogen) atoms. The standard InChI is InChI=1S/C24H20FN3O4/c1-13-10-20-22(24(31)28(13)9-8-14-6-7-18(29)19(30)11-14)21(16(12-26)23(27)32-20)15-4-2-3-5-17(15)25/h2-7,10-11,21,29-30H,8-9,27H2,1H3. The Morgan fingerprint density at radius 1 is 1.19 bits per heavy atom. The summed E-state index contributed by atoms with van der Waals surface area (Å²) in [6, 6.07) is 14.0. The fourth-order valence-corrected chi connectivity index (χ4v) is 3.95. The van der Waals surface area contributed by atoms with E-state index in [0.717, 1.165) is 0 Å². The molecule has 1 atom stereocenters. The Kier molecular flexibility index (Phi) is 5.33. The van der Waals surface area contributed by atoms with Gasteiger partial charge in [0, 0.05) is 23.9 Å². The van der Waals surface area contributed by atoms with Crippen LogP contribution in [0.25, 0.3) is 0 Å². The highest BCUT2D eigenvalue weighted by molar-refractivity contribution is 5.55. The quantitative estimate of drug-likeness (QED) is 0.544. The molecule has 0 saturated heterocycles. The van der Waals surface area contributed by atoms with Crippen molar-refractivity contribution in [2.24, 2.45) is 5.73 Å². The normalized spacial score (nSPS) is 15.1. The predicted molar refractivity (Wildman–Crippen MR) is 115 cm³/mol. The maximum atomic E-state index is 14.7. The van der Waals surface area contributed by atoms with E-state index in [4.69, 9.17) is 10.5 Å². The Bertz CT molecular complexity index is 1350. The van der Waals surface area contributed by atoms with E-state index in [1.807, 2.05) is 6.07 Å². The third-order valence-electron chi connectivity index (χ3n) is 5.57. The fourth-order valence-electron chi connectivity index (χ4n) is 3.95. The predicted octanol–water partition coefficient (Wildman–Crippen LogP) is 3.17. The van der Waals surface area contributed by atoms with Crippen molar-refractivity contribution in [2.45, 2.75) is 25.8 Å². The van der Waals surface area contributed by atoms with Crippen LogP contribution in [0.2, 0.25) is 0 Å². The largest absolute Gasteiger partial charge is 0.504 e. The highest BCUT2D eigenvalue weighted by atomic mass is 19.1. The van der Waals surface area contributed by atoms with Crippen LogP contribution in [0.5, 0.6) is 17.2 Å². The number of allylic oxidation sites excluding steroid dienone is 1. The van der Waals surface area contributed by atoms with Gasteiger partial charge in [0.15, 0.2) is 11.5 Å². The number of nitriles is 1. The minimum Gasteiger partial charge on any atom is -0.504 e. The highest BCUT2D eigenvalue weighted by Crippen LogP contribution is 2.41. The maximum Gasteiger partial charge on any atom is 0.258 e. The van der Waals surface area contributed by atoms with Gasteiger partial charge in [0.2, 0.25) is 5.88 Å². The molecule has 1 aliphatic rings. The summed E-state index contributed by atoms with van der Waals surface area (Å²) in [5, 5.41) is 28.9. The van der Waals surface area contributed by atoms with Gasteiger partial charge in [-0.1, -0.05) is 24.3 Å². The van der Waals surface area contributed by atoms with E-state index < -0.39 is 17.3 Å². The lowest BCUT2D eigenvalue weighted by molar-refractivity contribution is 0.387. The first-order valence-corrected chi connectivity index (χ1v) is 9.89. The van der Waals surface area contributed by atoms with Crippen LogP contribution in [0, 0.1) is 24.1 Å². The van der Waals surface area contributed by atoms with Gasteiger partial charge in [0.25, 0.3) is 5.56 Å². The van der Waals surface area contributed by atoms with Crippen LogP contribution in [0.15, 0.2) is 64.8 Å². The second-order valence-corrected chi connectivity index (χ2v) is 7.54. The van der Waals surface area contributed by atoms with Crippen LogP contribution >= 0.6 is 0 Å². The van der Waals surface area contributed by atoms with Gasteiger partial charge in [-0.15, -0.1) is 0 Å². The zero-order valence-corrected chi connectivity index (χ0v) is 17.2. The van der Waals surface area contributed by atoms with Crippen molar-refractivity contribution < 1.29 is 19.3 Å². The van der Waals surface area contributed by atoms with E-state index >= 15 is 0 Å². The van der Waals surface area contributed by atoms with Crippen LogP contribution in [0.1, 0.15) is 28.3 Å². The number of nitrogens with zero attached hydrogens (tertiary/aromatic N) is 2. The van der Waals surface area contributed by atoms with Crippen molar-refractivity contribution >= 4 is 0 Å². The average Bonchev–Trinajstić information content (AvgIpc) is 2.75. The van der Waals surface area contributed by atoms with Gasteiger partial charge in [-0.25, -0.2) is 4.39 Å². The molecular formula is C24H20FN3O4. The summed E-state index contributed by atoms with van der Waals surface area (Å²) in [6.45, 7) is 1.99. The molecule has 7 nitrogen and oxygen atoms in total. The minimum absolute atomic E-state index is 0.0291. The molecule has 3 aromatic rings. The second kappa shape index (κ2) is 8.12. The number of aromatic nitrogens is 1. The summed E-state index contributed by atoms with van der Waals surface area (Å²) in [6.07, 6.45) is 0.391. The zero-order chi connectivity index (χ0) is 23.0. The topological polar surface area (TPSA) is 122 Å².